The minimum Gasteiger partial charge on any atom is -0.507 e. The molecule has 4 aromatic carbocycles. The summed E-state index contributed by atoms with van der Waals surface area (Å²) in [7, 11) is 0. The topological polar surface area (TPSA) is 283 Å². The molecule has 8 aliphatic rings. The van der Waals surface area contributed by atoms with Gasteiger partial charge >= 0.3 is 0 Å². The highest BCUT2D eigenvalue weighted by atomic mass is 16.3. The first-order valence-corrected chi connectivity index (χ1v) is 28.0. The number of phenols is 4. The van der Waals surface area contributed by atoms with Gasteiger partial charge in [-0.2, -0.15) is 0 Å². The van der Waals surface area contributed by atoms with Gasteiger partial charge < -0.3 is 41.6 Å². The summed E-state index contributed by atoms with van der Waals surface area (Å²) in [6.45, 7) is 3.86. The number of hydrogen-bond donors (Lipinski definition) is 6. The highest BCUT2D eigenvalue weighted by Gasteiger charge is 2.29. The lowest BCUT2D eigenvalue weighted by Gasteiger charge is -2.26. The van der Waals surface area contributed by atoms with Crippen LogP contribution in [-0.4, -0.2) is 153 Å². The minimum absolute atomic E-state index is 0. The zero-order chi connectivity index (χ0) is 53.0. The molecule has 10 N–H and O–H groups in total. The summed E-state index contributed by atoms with van der Waals surface area (Å²) in [5.74, 6) is 0.431. The quantitative estimate of drug-likeness (QED) is 0.100. The maximum atomic E-state index is 12.1. The third kappa shape index (κ3) is 14.5. The summed E-state index contributed by atoms with van der Waals surface area (Å²) in [4.78, 5) is 41.5. The number of phenolic OH excluding ortho intramolecular Hbond substituents is 4. The van der Waals surface area contributed by atoms with Crippen molar-refractivity contribution < 1.29 is 41.6 Å². The molecule has 16 nitrogen and oxygen atoms in total. The Morgan fingerprint density at radius 3 is 0.551 bits per heavy atom. The molecule has 0 amide bonds. The lowest BCUT2D eigenvalue weighted by molar-refractivity contribution is 0.318. The molecular weight excluding hydrogens is 985 g/mol. The van der Waals surface area contributed by atoms with Gasteiger partial charge in [-0.15, -0.1) is 0 Å². The molecule has 78 heavy (non-hydrogen) atoms. The normalized spacial score (nSPS) is 25.0. The molecule has 0 spiro atoms. The van der Waals surface area contributed by atoms with Crippen LogP contribution in [0.3, 0.4) is 0 Å². The van der Waals surface area contributed by atoms with Gasteiger partial charge in [0.15, 0.2) is 0 Å². The van der Waals surface area contributed by atoms with Crippen LogP contribution in [-0.2, 0) is 12.8 Å². The largest absolute Gasteiger partial charge is 0.507 e. The van der Waals surface area contributed by atoms with Crippen LogP contribution in [0.5, 0.6) is 23.0 Å². The summed E-state index contributed by atoms with van der Waals surface area (Å²) in [6, 6.07) is 15.1. The van der Waals surface area contributed by atoms with Crippen molar-refractivity contribution in [2.75, 3.05) is 13.2 Å². The van der Waals surface area contributed by atoms with Gasteiger partial charge in [-0.05, 0) is 149 Å². The highest BCUT2D eigenvalue weighted by Crippen LogP contribution is 2.35. The molecule has 4 aliphatic carbocycles. The van der Waals surface area contributed by atoms with Crippen LogP contribution in [0.1, 0.15) is 183 Å². The van der Waals surface area contributed by atoms with E-state index in [-0.39, 0.29) is 95.5 Å². The van der Waals surface area contributed by atoms with Crippen LogP contribution in [0.4, 0.5) is 0 Å². The molecule has 12 bridgehead atoms. The third-order valence-electron chi connectivity index (χ3n) is 15.7. The maximum absolute atomic E-state index is 12.1. The summed E-state index contributed by atoms with van der Waals surface area (Å²) < 4.78 is 0. The summed E-state index contributed by atoms with van der Waals surface area (Å²) >= 11 is 0. The first-order valence-electron chi connectivity index (χ1n) is 28.0. The second-order valence-electron chi connectivity index (χ2n) is 21.4. The van der Waals surface area contributed by atoms with E-state index in [4.69, 9.17) is 50.2 Å². The molecule has 4 aromatic rings. The number of nitrogens with zero attached hydrogens (tertiary/aromatic N) is 8. The molecule has 4 heterocycles. The number of aromatic hydroxyl groups is 4. The van der Waals surface area contributed by atoms with Crippen molar-refractivity contribution in [1.29, 1.82) is 0 Å². The predicted octanol–water partition coefficient (Wildman–Crippen LogP) is 8.38. The van der Waals surface area contributed by atoms with Crippen molar-refractivity contribution >= 4 is 49.7 Å². The number of benzene rings is 4. The molecular formula is C62H80N8O8. The first-order chi connectivity index (χ1) is 37.1. The van der Waals surface area contributed by atoms with Crippen LogP contribution >= 0.6 is 0 Å². The van der Waals surface area contributed by atoms with Gasteiger partial charge in [-0.3, -0.25) is 39.9 Å². The molecule has 0 radical (unpaired) electrons. The molecule has 16 heteroatoms. The van der Waals surface area contributed by atoms with E-state index in [0.29, 0.717) is 57.3 Å². The molecule has 0 aromatic heterocycles. The molecule has 4 aliphatic heterocycles. The fourth-order valence-corrected chi connectivity index (χ4v) is 11.8. The Kier molecular flexibility index (Phi) is 21.3. The van der Waals surface area contributed by atoms with E-state index in [1.54, 1.807) is 13.8 Å². The van der Waals surface area contributed by atoms with E-state index in [1.807, 2.05) is 98.2 Å². The minimum atomic E-state index is -0.130. The molecule has 4 fully saturated rings. The van der Waals surface area contributed by atoms with Gasteiger partial charge in [0.25, 0.3) is 0 Å². The Morgan fingerprint density at radius 1 is 0.295 bits per heavy atom. The van der Waals surface area contributed by atoms with E-state index in [1.165, 1.54) is 0 Å². The smallest absolute Gasteiger partial charge is 0.133 e. The highest BCUT2D eigenvalue weighted by molar-refractivity contribution is 5.96. The lowest BCUT2D eigenvalue weighted by atomic mass is 9.90. The van der Waals surface area contributed by atoms with E-state index in [0.717, 1.165) is 125 Å². The second kappa shape index (κ2) is 28.2. The van der Waals surface area contributed by atoms with Crippen LogP contribution in [0.25, 0.3) is 0 Å². The predicted molar refractivity (Wildman–Crippen MR) is 316 cm³/mol. The molecule has 0 saturated heterocycles. The fourth-order valence-electron chi connectivity index (χ4n) is 11.8. The van der Waals surface area contributed by atoms with E-state index < -0.39 is 0 Å². The standard InChI is InChI=1S/C58H64N8O4.2C2H6O.2H2O/c67-55-39-19-35-17-37-23-43-31-64-52-14-6-5-13-51(52)62-30-42-22-36(20-40(56(42)68)28-60-48-10-2-1-9-47(48)59-27-39)18-38-25-45(33-63-50-12-4-3-11-49(50)61-29-41(55)21-35)58(70)46(26-38)34-66-54-16-8-7-15-53(54)65-32-44(24-37)57(43)69;2*1-2-3;;/h19-34,47-54,67-70H,1-18H2;2*3H,2H2,1H3;2*1H2/t47-,48-,49-,50-,51-,52-,53-,54-;;;;/m1..../s1. The van der Waals surface area contributed by atoms with Gasteiger partial charge in [0.2, 0.25) is 0 Å². The number of aliphatic hydroxyl groups is 2. The van der Waals surface area contributed by atoms with Crippen molar-refractivity contribution in [2.24, 2.45) is 39.9 Å². The number of aliphatic imine (C=N–C) groups is 8. The van der Waals surface area contributed by atoms with Gasteiger partial charge in [0.1, 0.15) is 23.0 Å². The third-order valence-corrected chi connectivity index (χ3v) is 15.7. The van der Waals surface area contributed by atoms with Gasteiger partial charge in [-0.25, -0.2) is 0 Å². The van der Waals surface area contributed by atoms with Crippen molar-refractivity contribution in [3.8, 4) is 23.0 Å². The first kappa shape index (κ1) is 59.0. The van der Waals surface area contributed by atoms with Crippen LogP contribution in [0.2, 0.25) is 0 Å². The lowest BCUT2D eigenvalue weighted by Crippen LogP contribution is -2.27. The van der Waals surface area contributed by atoms with Crippen molar-refractivity contribution in [3.05, 3.63) is 115 Å². The van der Waals surface area contributed by atoms with E-state index in [2.05, 4.69) is 0 Å². The average Bonchev–Trinajstić information content (AvgIpc) is 3.42. The maximum Gasteiger partial charge on any atom is 0.133 e. The molecule has 0 unspecified atom stereocenters. The van der Waals surface area contributed by atoms with Gasteiger partial charge in [0.05, 0.1) is 48.3 Å². The Hall–Kier alpha value is -6.72. The number of hydrogen-bond acceptors (Lipinski definition) is 14. The van der Waals surface area contributed by atoms with Gasteiger partial charge in [0, 0.05) is 107 Å². The number of rotatable bonds is 0. The molecule has 4 saturated carbocycles. The zero-order valence-electron chi connectivity index (χ0n) is 45.3. The Balaban J connectivity index is 0.00000106. The van der Waals surface area contributed by atoms with Crippen molar-refractivity contribution in [3.63, 3.8) is 0 Å². The van der Waals surface area contributed by atoms with Crippen LogP contribution in [0.15, 0.2) is 88.5 Å². The Morgan fingerprint density at radius 2 is 0.423 bits per heavy atom. The summed E-state index contributed by atoms with van der Waals surface area (Å²) in [5.41, 5.74) is 8.58. The van der Waals surface area contributed by atoms with Crippen molar-refractivity contribution in [2.45, 2.75) is 178 Å². The zero-order valence-corrected chi connectivity index (χ0v) is 45.3. The van der Waals surface area contributed by atoms with E-state index >= 15 is 0 Å². The molecule has 8 atom stereocenters. The molecule has 12 rings (SSSR count). The average molecular weight is 1070 g/mol. The number of aliphatic hydroxyl groups excluding tert-OH is 2. The van der Waals surface area contributed by atoms with E-state index in [9.17, 15) is 20.4 Å². The molecule has 416 valence electrons. The van der Waals surface area contributed by atoms with Crippen LogP contribution < -0.4 is 0 Å². The van der Waals surface area contributed by atoms with Crippen LogP contribution in [0, 0.1) is 0 Å². The van der Waals surface area contributed by atoms with Gasteiger partial charge in [-0.1, -0.05) is 51.4 Å². The summed E-state index contributed by atoms with van der Waals surface area (Å²) in [6.07, 6.45) is 30.4. The monoisotopic (exact) mass is 1060 g/mol. The fraction of sp³-hybridized carbons (Fsp3) is 0.484. The SMILES string of the molecule is CCO.CCO.O.O.Oc1c2cc3cc1C=N[C@@H]1CCCC[C@H]1N=Cc1cc4cc(c1O)C=N[C@@H]1CCCC[C@H]1N=Cc1cc(cc(c1O)C=N[C@@H]1CCCC[C@H]1N=Cc1cc(cc(c1O)C=N[C@@H]1CCCC[C@H]1N=C2)C4)C3. The summed E-state index contributed by atoms with van der Waals surface area (Å²) in [5, 5.41) is 63.5. The second-order valence-corrected chi connectivity index (χ2v) is 21.4. The Bertz CT molecular complexity index is 2370. The van der Waals surface area contributed by atoms with Crippen molar-refractivity contribution in [1.82, 2.24) is 0 Å². The Labute approximate surface area is 458 Å².